The van der Waals surface area contributed by atoms with Crippen molar-refractivity contribution in [1.29, 1.82) is 0 Å². The maximum atomic E-state index is 11.3. The van der Waals surface area contributed by atoms with Gasteiger partial charge in [0.2, 0.25) is 0 Å². The molecule has 0 aliphatic rings. The molecule has 0 spiro atoms. The SMILES string of the molecule is COC(=O)C(C)CNC(C)c1cc(C)sc1C. The molecule has 0 aromatic carbocycles. The normalized spacial score (nSPS) is 14.4. The van der Waals surface area contributed by atoms with Gasteiger partial charge in [0.1, 0.15) is 0 Å². The molecule has 2 unspecified atom stereocenters. The summed E-state index contributed by atoms with van der Waals surface area (Å²) in [4.78, 5) is 13.9. The second kappa shape index (κ2) is 6.17. The first kappa shape index (κ1) is 14.2. The molecule has 2 atom stereocenters. The zero-order valence-corrected chi connectivity index (χ0v) is 12.0. The van der Waals surface area contributed by atoms with E-state index in [9.17, 15) is 4.79 Å². The van der Waals surface area contributed by atoms with Crippen LogP contribution in [0.5, 0.6) is 0 Å². The first-order valence-electron chi connectivity index (χ1n) is 5.83. The standard InChI is InChI=1S/C13H21NO2S/c1-8(13(15)16-5)7-14-10(3)12-6-9(2)17-11(12)4/h6,8,10,14H,7H2,1-5H3. The van der Waals surface area contributed by atoms with Crippen LogP contribution in [0.15, 0.2) is 6.07 Å². The fourth-order valence-corrected chi connectivity index (χ4v) is 2.85. The lowest BCUT2D eigenvalue weighted by molar-refractivity contribution is -0.144. The van der Waals surface area contributed by atoms with E-state index in [1.54, 1.807) is 0 Å². The van der Waals surface area contributed by atoms with Gasteiger partial charge in [0.25, 0.3) is 0 Å². The quantitative estimate of drug-likeness (QED) is 0.822. The monoisotopic (exact) mass is 255 g/mol. The molecule has 3 nitrogen and oxygen atoms in total. The van der Waals surface area contributed by atoms with E-state index in [2.05, 4.69) is 32.2 Å². The lowest BCUT2D eigenvalue weighted by Crippen LogP contribution is -2.29. The summed E-state index contributed by atoms with van der Waals surface area (Å²) in [6.07, 6.45) is 0. The molecule has 1 aromatic heterocycles. The molecule has 1 heterocycles. The third-order valence-electron chi connectivity index (χ3n) is 2.88. The van der Waals surface area contributed by atoms with Crippen molar-refractivity contribution in [2.75, 3.05) is 13.7 Å². The van der Waals surface area contributed by atoms with E-state index >= 15 is 0 Å². The molecule has 0 saturated carbocycles. The van der Waals surface area contributed by atoms with Crippen LogP contribution in [-0.4, -0.2) is 19.6 Å². The van der Waals surface area contributed by atoms with Crippen molar-refractivity contribution in [2.45, 2.75) is 33.7 Å². The summed E-state index contributed by atoms with van der Waals surface area (Å²) >= 11 is 1.81. The maximum Gasteiger partial charge on any atom is 0.309 e. The number of thiophene rings is 1. The molecule has 96 valence electrons. The summed E-state index contributed by atoms with van der Waals surface area (Å²) in [5.74, 6) is -0.273. The Morgan fingerprint density at radius 1 is 1.47 bits per heavy atom. The lowest BCUT2D eigenvalue weighted by Gasteiger charge is -2.16. The van der Waals surface area contributed by atoms with Crippen molar-refractivity contribution >= 4 is 17.3 Å². The Labute approximate surface area is 107 Å². The number of carbonyl (C=O) groups is 1. The maximum absolute atomic E-state index is 11.3. The van der Waals surface area contributed by atoms with Crippen molar-refractivity contribution in [2.24, 2.45) is 5.92 Å². The largest absolute Gasteiger partial charge is 0.469 e. The van der Waals surface area contributed by atoms with Crippen LogP contribution in [0.1, 0.15) is 35.2 Å². The van der Waals surface area contributed by atoms with Crippen molar-refractivity contribution in [3.8, 4) is 0 Å². The Morgan fingerprint density at radius 3 is 2.59 bits per heavy atom. The molecule has 1 N–H and O–H groups in total. The van der Waals surface area contributed by atoms with Gasteiger partial charge in [-0.1, -0.05) is 6.92 Å². The predicted octanol–water partition coefficient (Wildman–Crippen LogP) is 2.82. The van der Waals surface area contributed by atoms with Gasteiger partial charge in [0.15, 0.2) is 0 Å². The van der Waals surface area contributed by atoms with Gasteiger partial charge in [-0.05, 0) is 32.4 Å². The third-order valence-corrected chi connectivity index (χ3v) is 3.86. The van der Waals surface area contributed by atoms with Gasteiger partial charge in [0.05, 0.1) is 13.0 Å². The third kappa shape index (κ3) is 3.82. The summed E-state index contributed by atoms with van der Waals surface area (Å²) in [7, 11) is 1.43. The second-order valence-corrected chi connectivity index (χ2v) is 5.88. The average Bonchev–Trinajstić information content (AvgIpc) is 2.63. The number of carbonyl (C=O) groups excluding carboxylic acids is 1. The minimum Gasteiger partial charge on any atom is -0.469 e. The van der Waals surface area contributed by atoms with Crippen LogP contribution in [0.25, 0.3) is 0 Å². The number of rotatable bonds is 5. The van der Waals surface area contributed by atoms with E-state index in [4.69, 9.17) is 4.74 Å². The first-order valence-corrected chi connectivity index (χ1v) is 6.65. The Balaban J connectivity index is 2.53. The van der Waals surface area contributed by atoms with E-state index in [1.165, 1.54) is 22.4 Å². The number of hydrogen-bond acceptors (Lipinski definition) is 4. The number of ether oxygens (including phenoxy) is 1. The van der Waals surface area contributed by atoms with Gasteiger partial charge >= 0.3 is 5.97 Å². The van der Waals surface area contributed by atoms with Gasteiger partial charge < -0.3 is 10.1 Å². The summed E-state index contributed by atoms with van der Waals surface area (Å²) in [6.45, 7) is 8.89. The minimum atomic E-state index is -0.164. The average molecular weight is 255 g/mol. The number of hydrogen-bond donors (Lipinski definition) is 1. The fourth-order valence-electron chi connectivity index (χ4n) is 1.83. The van der Waals surface area contributed by atoms with Crippen molar-refractivity contribution in [3.05, 3.63) is 21.4 Å². The molecule has 17 heavy (non-hydrogen) atoms. The Bertz CT molecular complexity index is 387. The van der Waals surface area contributed by atoms with E-state index in [-0.39, 0.29) is 17.9 Å². The molecule has 0 bridgehead atoms. The summed E-state index contributed by atoms with van der Waals surface area (Å²) in [5.41, 5.74) is 1.32. The van der Waals surface area contributed by atoms with Crippen LogP contribution in [0, 0.1) is 19.8 Å². The molecular weight excluding hydrogens is 234 g/mol. The summed E-state index contributed by atoms with van der Waals surface area (Å²) in [5, 5.41) is 3.37. The molecule has 0 saturated heterocycles. The minimum absolute atomic E-state index is 0.109. The zero-order valence-electron chi connectivity index (χ0n) is 11.2. The van der Waals surface area contributed by atoms with Crippen LogP contribution < -0.4 is 5.32 Å². The molecule has 1 aromatic rings. The molecule has 0 aliphatic heterocycles. The molecule has 0 aliphatic carbocycles. The van der Waals surface area contributed by atoms with Gasteiger partial charge in [-0.25, -0.2) is 0 Å². The highest BCUT2D eigenvalue weighted by molar-refractivity contribution is 7.12. The van der Waals surface area contributed by atoms with Crippen LogP contribution >= 0.6 is 11.3 Å². The zero-order chi connectivity index (χ0) is 13.0. The van der Waals surface area contributed by atoms with Gasteiger partial charge in [-0.3, -0.25) is 4.79 Å². The first-order chi connectivity index (χ1) is 7.95. The van der Waals surface area contributed by atoms with E-state index in [1.807, 2.05) is 18.3 Å². The topological polar surface area (TPSA) is 38.3 Å². The van der Waals surface area contributed by atoms with Gasteiger partial charge in [-0.2, -0.15) is 0 Å². The van der Waals surface area contributed by atoms with E-state index in [0.717, 1.165) is 0 Å². The lowest BCUT2D eigenvalue weighted by atomic mass is 10.1. The van der Waals surface area contributed by atoms with Crippen molar-refractivity contribution < 1.29 is 9.53 Å². The van der Waals surface area contributed by atoms with E-state index in [0.29, 0.717) is 6.54 Å². The molecule has 4 heteroatoms. The van der Waals surface area contributed by atoms with Gasteiger partial charge in [-0.15, -0.1) is 11.3 Å². The van der Waals surface area contributed by atoms with Crippen LogP contribution in [-0.2, 0) is 9.53 Å². The Kier molecular flexibility index (Phi) is 5.15. The molecular formula is C13H21NO2S. The Hall–Kier alpha value is -0.870. The predicted molar refractivity (Wildman–Crippen MR) is 71.4 cm³/mol. The summed E-state index contributed by atoms with van der Waals surface area (Å²) in [6, 6.07) is 2.48. The van der Waals surface area contributed by atoms with E-state index < -0.39 is 0 Å². The van der Waals surface area contributed by atoms with Crippen LogP contribution in [0.2, 0.25) is 0 Å². The Morgan fingerprint density at radius 2 is 2.12 bits per heavy atom. The number of nitrogens with one attached hydrogen (secondary N) is 1. The molecule has 1 rings (SSSR count). The van der Waals surface area contributed by atoms with Crippen LogP contribution in [0.3, 0.4) is 0 Å². The fraction of sp³-hybridized carbons (Fsp3) is 0.615. The van der Waals surface area contributed by atoms with Crippen molar-refractivity contribution in [3.63, 3.8) is 0 Å². The molecule has 0 radical (unpaired) electrons. The smallest absolute Gasteiger partial charge is 0.309 e. The second-order valence-electron chi connectivity index (χ2n) is 4.42. The highest BCUT2D eigenvalue weighted by atomic mass is 32.1. The number of esters is 1. The highest BCUT2D eigenvalue weighted by Gasteiger charge is 2.16. The summed E-state index contributed by atoms with van der Waals surface area (Å²) < 4.78 is 4.70. The number of methoxy groups -OCH3 is 1. The molecule has 0 amide bonds. The van der Waals surface area contributed by atoms with Crippen LogP contribution in [0.4, 0.5) is 0 Å². The van der Waals surface area contributed by atoms with Gasteiger partial charge in [0, 0.05) is 22.3 Å². The number of aryl methyl sites for hydroxylation is 2. The molecule has 0 fully saturated rings. The van der Waals surface area contributed by atoms with Crippen molar-refractivity contribution in [1.82, 2.24) is 5.32 Å². The highest BCUT2D eigenvalue weighted by Crippen LogP contribution is 2.26.